The number of rotatable bonds is 6. The van der Waals surface area contributed by atoms with Crippen LogP contribution in [-0.4, -0.2) is 26.0 Å². The van der Waals surface area contributed by atoms with Crippen LogP contribution in [0.4, 0.5) is 4.39 Å². The molecule has 1 aromatic carbocycles. The maximum Gasteiger partial charge on any atom is 0.123 e. The van der Waals surface area contributed by atoms with Gasteiger partial charge < -0.3 is 5.32 Å². The molecule has 3 aromatic rings. The van der Waals surface area contributed by atoms with Crippen LogP contribution in [0.3, 0.4) is 0 Å². The molecule has 3 rings (SSSR count). The first-order chi connectivity index (χ1) is 11.1. The van der Waals surface area contributed by atoms with Gasteiger partial charge >= 0.3 is 0 Å². The van der Waals surface area contributed by atoms with Crippen LogP contribution in [-0.2, 0) is 13.1 Å². The summed E-state index contributed by atoms with van der Waals surface area (Å²) in [5.41, 5.74) is 4.06. The maximum absolute atomic E-state index is 13.0. The van der Waals surface area contributed by atoms with Gasteiger partial charge in [0.2, 0.25) is 0 Å². The lowest BCUT2D eigenvalue weighted by molar-refractivity contribution is 0.451. The zero-order valence-corrected chi connectivity index (χ0v) is 13.3. The molecule has 0 aliphatic carbocycles. The molecule has 1 atom stereocenters. The van der Waals surface area contributed by atoms with Crippen molar-refractivity contribution in [1.82, 2.24) is 25.3 Å². The van der Waals surface area contributed by atoms with E-state index in [-0.39, 0.29) is 11.9 Å². The highest BCUT2D eigenvalue weighted by molar-refractivity contribution is 5.62. The van der Waals surface area contributed by atoms with Crippen molar-refractivity contribution in [3.63, 3.8) is 0 Å². The number of benzene rings is 1. The molecule has 1 unspecified atom stereocenters. The van der Waals surface area contributed by atoms with Gasteiger partial charge in [0.25, 0.3) is 0 Å². The van der Waals surface area contributed by atoms with Gasteiger partial charge in [-0.3, -0.25) is 9.78 Å². The fourth-order valence-corrected chi connectivity index (χ4v) is 2.51. The molecule has 2 aromatic heterocycles. The van der Waals surface area contributed by atoms with Crippen LogP contribution in [0.15, 0.2) is 42.9 Å². The number of nitrogens with one attached hydrogen (secondary N) is 2. The minimum absolute atomic E-state index is 0.240. The van der Waals surface area contributed by atoms with E-state index in [0.717, 1.165) is 28.9 Å². The predicted octanol–water partition coefficient (Wildman–Crippen LogP) is 2.90. The summed E-state index contributed by atoms with van der Waals surface area (Å²) < 4.78 is 15.0. The van der Waals surface area contributed by atoms with Gasteiger partial charge in [-0.2, -0.15) is 10.2 Å². The van der Waals surface area contributed by atoms with Crippen molar-refractivity contribution in [2.24, 2.45) is 0 Å². The summed E-state index contributed by atoms with van der Waals surface area (Å²) in [5, 5.41) is 14.9. The van der Waals surface area contributed by atoms with Gasteiger partial charge in [-0.25, -0.2) is 4.39 Å². The largest absolute Gasteiger partial charge is 0.308 e. The van der Waals surface area contributed by atoms with Gasteiger partial charge in [-0.1, -0.05) is 0 Å². The smallest absolute Gasteiger partial charge is 0.123 e. The molecule has 0 radical (unpaired) electrons. The first-order valence-corrected chi connectivity index (χ1v) is 7.62. The maximum atomic E-state index is 13.0. The number of hydrogen-bond acceptors (Lipinski definition) is 3. The fourth-order valence-electron chi connectivity index (χ4n) is 2.51. The number of aromatic amines is 1. The zero-order chi connectivity index (χ0) is 16.2. The number of nitrogens with zero attached hydrogens (tertiary/aromatic N) is 3. The third kappa shape index (κ3) is 3.84. The molecule has 0 amide bonds. The lowest BCUT2D eigenvalue weighted by Crippen LogP contribution is -2.30. The molecular formula is C17H20FN5. The molecule has 23 heavy (non-hydrogen) atoms. The summed E-state index contributed by atoms with van der Waals surface area (Å²) >= 11 is 0. The van der Waals surface area contributed by atoms with Crippen molar-refractivity contribution < 1.29 is 4.39 Å². The number of aromatic nitrogens is 4. The standard InChI is InChI=1S/C17H20FN5/c1-12-7-21-23(10-12)11-13(2)19-8-15-9-20-22-17(15)14-3-5-16(18)6-4-14/h3-7,9-10,13,19H,8,11H2,1-2H3,(H,20,22). The molecule has 0 spiro atoms. The molecule has 0 saturated heterocycles. The highest BCUT2D eigenvalue weighted by atomic mass is 19.1. The van der Waals surface area contributed by atoms with Gasteiger partial charge in [0, 0.05) is 29.9 Å². The quantitative estimate of drug-likeness (QED) is 0.735. The molecule has 2 N–H and O–H groups in total. The Morgan fingerprint density at radius 2 is 2.04 bits per heavy atom. The molecule has 0 saturated carbocycles. The summed E-state index contributed by atoms with van der Waals surface area (Å²) in [6, 6.07) is 6.68. The molecule has 0 bridgehead atoms. The Morgan fingerprint density at radius 3 is 2.74 bits per heavy atom. The number of halogens is 1. The van der Waals surface area contributed by atoms with Gasteiger partial charge in [-0.05, 0) is 43.7 Å². The van der Waals surface area contributed by atoms with Crippen LogP contribution < -0.4 is 5.32 Å². The Labute approximate surface area is 134 Å². The molecule has 2 heterocycles. The SMILES string of the molecule is Cc1cnn(CC(C)NCc2cn[nH]c2-c2ccc(F)cc2)c1. The highest BCUT2D eigenvalue weighted by Gasteiger charge is 2.10. The molecular weight excluding hydrogens is 293 g/mol. The minimum Gasteiger partial charge on any atom is -0.308 e. The van der Waals surface area contributed by atoms with Crippen molar-refractivity contribution in [1.29, 1.82) is 0 Å². The van der Waals surface area contributed by atoms with E-state index in [1.165, 1.54) is 12.1 Å². The van der Waals surface area contributed by atoms with E-state index in [9.17, 15) is 4.39 Å². The summed E-state index contributed by atoms with van der Waals surface area (Å²) in [7, 11) is 0. The lowest BCUT2D eigenvalue weighted by Gasteiger charge is -2.14. The van der Waals surface area contributed by atoms with Crippen molar-refractivity contribution >= 4 is 0 Å². The summed E-state index contributed by atoms with van der Waals surface area (Å²) in [4.78, 5) is 0. The minimum atomic E-state index is -0.240. The Hall–Kier alpha value is -2.47. The van der Waals surface area contributed by atoms with Crippen molar-refractivity contribution in [3.8, 4) is 11.3 Å². The second-order valence-electron chi connectivity index (χ2n) is 5.80. The number of aryl methyl sites for hydroxylation is 1. The van der Waals surface area contributed by atoms with E-state index in [4.69, 9.17) is 0 Å². The van der Waals surface area contributed by atoms with Crippen molar-refractivity contribution in [3.05, 3.63) is 59.8 Å². The van der Waals surface area contributed by atoms with Gasteiger partial charge in [0.15, 0.2) is 0 Å². The Balaban J connectivity index is 1.62. The van der Waals surface area contributed by atoms with Gasteiger partial charge in [-0.15, -0.1) is 0 Å². The Morgan fingerprint density at radius 1 is 1.26 bits per heavy atom. The highest BCUT2D eigenvalue weighted by Crippen LogP contribution is 2.21. The van der Waals surface area contributed by atoms with E-state index >= 15 is 0 Å². The van der Waals surface area contributed by atoms with Crippen molar-refractivity contribution in [2.45, 2.75) is 33.0 Å². The van der Waals surface area contributed by atoms with Crippen molar-refractivity contribution in [2.75, 3.05) is 0 Å². The third-order valence-corrected chi connectivity index (χ3v) is 3.71. The topological polar surface area (TPSA) is 58.5 Å². The van der Waals surface area contributed by atoms with Crippen LogP contribution in [0, 0.1) is 12.7 Å². The molecule has 5 nitrogen and oxygen atoms in total. The normalized spacial score (nSPS) is 12.5. The Kier molecular flexibility index (Phi) is 4.52. The Bertz CT molecular complexity index is 759. The number of H-pyrrole nitrogens is 1. The predicted molar refractivity (Wildman–Crippen MR) is 87.2 cm³/mol. The molecule has 0 aliphatic heterocycles. The summed E-state index contributed by atoms with van der Waals surface area (Å²) in [6.07, 6.45) is 5.69. The van der Waals surface area contributed by atoms with Crippen LogP contribution >= 0.6 is 0 Å². The third-order valence-electron chi connectivity index (χ3n) is 3.71. The van der Waals surface area contributed by atoms with Crippen LogP contribution in [0.25, 0.3) is 11.3 Å². The molecule has 0 fully saturated rings. The number of hydrogen-bond donors (Lipinski definition) is 2. The van der Waals surface area contributed by atoms with Gasteiger partial charge in [0.05, 0.1) is 24.6 Å². The van der Waals surface area contributed by atoms with E-state index in [1.54, 1.807) is 18.3 Å². The fraction of sp³-hybridized carbons (Fsp3) is 0.294. The van der Waals surface area contributed by atoms with E-state index < -0.39 is 0 Å². The zero-order valence-electron chi connectivity index (χ0n) is 13.3. The molecule has 6 heteroatoms. The summed E-state index contributed by atoms with van der Waals surface area (Å²) in [5.74, 6) is -0.240. The molecule has 120 valence electrons. The first kappa shape index (κ1) is 15.4. The van der Waals surface area contributed by atoms with Crippen LogP contribution in [0.2, 0.25) is 0 Å². The van der Waals surface area contributed by atoms with E-state index in [0.29, 0.717) is 6.54 Å². The van der Waals surface area contributed by atoms with Crippen LogP contribution in [0.5, 0.6) is 0 Å². The average molecular weight is 313 g/mol. The molecule has 0 aliphatic rings. The van der Waals surface area contributed by atoms with Crippen LogP contribution in [0.1, 0.15) is 18.1 Å². The van der Waals surface area contributed by atoms with E-state index in [2.05, 4.69) is 27.5 Å². The second-order valence-corrected chi connectivity index (χ2v) is 5.80. The van der Waals surface area contributed by atoms with E-state index in [1.807, 2.05) is 24.0 Å². The van der Waals surface area contributed by atoms with Gasteiger partial charge in [0.1, 0.15) is 5.82 Å². The average Bonchev–Trinajstić information content (AvgIpc) is 3.15. The monoisotopic (exact) mass is 313 g/mol. The first-order valence-electron chi connectivity index (χ1n) is 7.62. The second kappa shape index (κ2) is 6.75. The lowest BCUT2D eigenvalue weighted by atomic mass is 10.1. The summed E-state index contributed by atoms with van der Waals surface area (Å²) in [6.45, 7) is 5.64.